The Balaban J connectivity index is 1.58. The van der Waals surface area contributed by atoms with Crippen molar-refractivity contribution in [1.82, 2.24) is 14.6 Å². The van der Waals surface area contributed by atoms with Crippen molar-refractivity contribution in [3.63, 3.8) is 0 Å². The number of ether oxygens (including phenoxy) is 2. The number of carbonyl (C=O) groups is 2. The molecule has 5 N–H and O–H groups in total. The van der Waals surface area contributed by atoms with Crippen molar-refractivity contribution in [1.29, 1.82) is 5.26 Å². The Kier molecular flexibility index (Phi) is 7.00. The van der Waals surface area contributed by atoms with Crippen molar-refractivity contribution in [3.8, 4) is 6.07 Å². The second kappa shape index (κ2) is 10.00. The highest BCUT2D eigenvalue weighted by Crippen LogP contribution is 2.40. The molecule has 3 heterocycles. The fourth-order valence-electron chi connectivity index (χ4n) is 4.11. The van der Waals surface area contributed by atoms with Gasteiger partial charge in [0.2, 0.25) is 11.5 Å². The molecule has 1 saturated heterocycles. The predicted molar refractivity (Wildman–Crippen MR) is 125 cm³/mol. The average Bonchev–Trinajstić information content (AvgIpc) is 3.40. The summed E-state index contributed by atoms with van der Waals surface area (Å²) < 4.78 is 11.9. The summed E-state index contributed by atoms with van der Waals surface area (Å²) in [6.45, 7) is 2.81. The molecule has 188 valence electrons. The van der Waals surface area contributed by atoms with Gasteiger partial charge in [0.1, 0.15) is 42.8 Å². The summed E-state index contributed by atoms with van der Waals surface area (Å²) in [5.41, 5.74) is 6.50. The minimum absolute atomic E-state index is 0.0960. The number of amides is 1. The topological polar surface area (TPSA) is 185 Å². The zero-order valence-electron chi connectivity index (χ0n) is 19.7. The van der Waals surface area contributed by atoms with Crippen LogP contribution in [0.4, 0.5) is 5.82 Å². The van der Waals surface area contributed by atoms with Gasteiger partial charge in [0.05, 0.1) is 11.7 Å². The average molecular weight is 495 g/mol. The second-order valence-corrected chi connectivity index (χ2v) is 8.65. The maximum atomic E-state index is 12.8. The number of hydrogen-bond acceptors (Lipinski definition) is 10. The molecule has 2 aromatic heterocycles. The molecule has 0 unspecified atom stereocenters. The molecule has 1 aliphatic rings. The number of benzene rings is 1. The van der Waals surface area contributed by atoms with Crippen LogP contribution in [0.2, 0.25) is 0 Å². The minimum atomic E-state index is -2.02. The normalized spacial score (nSPS) is 24.3. The van der Waals surface area contributed by atoms with Crippen LogP contribution in [-0.2, 0) is 31.1 Å². The number of aromatic nitrogens is 3. The van der Waals surface area contributed by atoms with Crippen molar-refractivity contribution in [2.45, 2.75) is 50.2 Å². The zero-order chi connectivity index (χ0) is 26.0. The predicted octanol–water partition coefficient (Wildman–Crippen LogP) is -0.0512. The monoisotopic (exact) mass is 494 g/mol. The highest BCUT2D eigenvalue weighted by Gasteiger charge is 2.57. The summed E-state index contributed by atoms with van der Waals surface area (Å²) in [4.78, 5) is 28.1. The van der Waals surface area contributed by atoms with E-state index in [0.717, 1.165) is 17.5 Å². The third kappa shape index (κ3) is 4.65. The second-order valence-electron chi connectivity index (χ2n) is 8.65. The van der Waals surface area contributed by atoms with Crippen LogP contribution in [0.15, 0.2) is 42.7 Å². The van der Waals surface area contributed by atoms with Gasteiger partial charge in [-0.3, -0.25) is 9.59 Å². The molecule has 0 aliphatic carbocycles. The third-order valence-corrected chi connectivity index (χ3v) is 6.06. The Morgan fingerprint density at radius 2 is 2.03 bits per heavy atom. The Morgan fingerprint density at radius 3 is 2.69 bits per heavy atom. The first-order valence-electron chi connectivity index (χ1n) is 11.2. The van der Waals surface area contributed by atoms with Gasteiger partial charge >= 0.3 is 5.97 Å². The number of aliphatic hydroxyl groups is 2. The van der Waals surface area contributed by atoms with E-state index in [9.17, 15) is 25.1 Å². The number of nitrogens with zero attached hydrogens (tertiary/aromatic N) is 4. The molecule has 1 fully saturated rings. The number of anilines is 1. The molecular formula is C24H26N6O6. The van der Waals surface area contributed by atoms with E-state index in [4.69, 9.17) is 15.2 Å². The SMILES string of the molecule is CC(=O)OC[C@H]1O[C@@](C#N)(c2ccc3c(NC(=O)[C@@H](N)Cc4ccc(C)cc4)ncnn23)[C@H](O)[C@@H]1O. The van der Waals surface area contributed by atoms with Crippen molar-refractivity contribution >= 4 is 23.2 Å². The number of aryl methyl sites for hydroxylation is 1. The molecule has 5 atom stereocenters. The van der Waals surface area contributed by atoms with E-state index in [1.54, 1.807) is 0 Å². The lowest BCUT2D eigenvalue weighted by Gasteiger charge is -2.24. The standard InChI is InChI=1S/C24H26N6O6/c1-13-3-5-15(6-4-13)9-16(26)23(34)29-22-17-7-8-19(30(17)28-12-27-22)24(11-25)21(33)20(32)18(36-24)10-35-14(2)31/h3-8,12,16,18,20-21,32-33H,9-10,26H2,1-2H3,(H,27,28,29,34)/t16-,18+,20+,21+,24-/m0/s1. The summed E-state index contributed by atoms with van der Waals surface area (Å²) in [5, 5.41) is 38.0. The van der Waals surface area contributed by atoms with Gasteiger partial charge < -0.3 is 30.7 Å². The minimum Gasteiger partial charge on any atom is -0.463 e. The summed E-state index contributed by atoms with van der Waals surface area (Å²) in [7, 11) is 0. The first-order chi connectivity index (χ1) is 17.2. The lowest BCUT2D eigenvalue weighted by atomic mass is 9.92. The number of esters is 1. The quantitative estimate of drug-likeness (QED) is 0.325. The number of fused-ring (bicyclic) bond motifs is 1. The van der Waals surface area contributed by atoms with Crippen LogP contribution in [0, 0.1) is 18.3 Å². The molecule has 36 heavy (non-hydrogen) atoms. The van der Waals surface area contributed by atoms with E-state index in [1.165, 1.54) is 23.6 Å². The smallest absolute Gasteiger partial charge is 0.302 e. The lowest BCUT2D eigenvalue weighted by Crippen LogP contribution is -2.41. The third-order valence-electron chi connectivity index (χ3n) is 6.06. The van der Waals surface area contributed by atoms with Gasteiger partial charge in [-0.05, 0) is 31.0 Å². The van der Waals surface area contributed by atoms with E-state index >= 15 is 0 Å². The molecule has 1 aliphatic heterocycles. The van der Waals surface area contributed by atoms with Crippen LogP contribution in [0.1, 0.15) is 23.7 Å². The Morgan fingerprint density at radius 1 is 1.31 bits per heavy atom. The fourth-order valence-corrected chi connectivity index (χ4v) is 4.11. The zero-order valence-corrected chi connectivity index (χ0v) is 19.7. The highest BCUT2D eigenvalue weighted by atomic mass is 16.6. The van der Waals surface area contributed by atoms with E-state index < -0.39 is 41.8 Å². The van der Waals surface area contributed by atoms with E-state index in [1.807, 2.05) is 37.3 Å². The van der Waals surface area contributed by atoms with Crippen molar-refractivity contribution in [2.75, 3.05) is 11.9 Å². The Bertz CT molecular complexity index is 1320. The lowest BCUT2D eigenvalue weighted by molar-refractivity contribution is -0.148. The largest absolute Gasteiger partial charge is 0.463 e. The first kappa shape index (κ1) is 25.2. The molecule has 1 aromatic carbocycles. The molecule has 0 spiro atoms. The molecule has 1 amide bonds. The van der Waals surface area contributed by atoms with Crippen LogP contribution in [-0.4, -0.2) is 67.6 Å². The molecule has 12 nitrogen and oxygen atoms in total. The fraction of sp³-hybridized carbons (Fsp3) is 0.375. The molecule has 0 saturated carbocycles. The van der Waals surface area contributed by atoms with Crippen molar-refractivity contribution in [2.24, 2.45) is 5.73 Å². The van der Waals surface area contributed by atoms with Gasteiger partial charge in [-0.1, -0.05) is 29.8 Å². The van der Waals surface area contributed by atoms with Crippen molar-refractivity contribution < 1.29 is 29.3 Å². The number of hydrogen-bond donors (Lipinski definition) is 4. The molecule has 0 radical (unpaired) electrons. The molecule has 3 aromatic rings. The van der Waals surface area contributed by atoms with Gasteiger partial charge in [0, 0.05) is 6.92 Å². The molecular weight excluding hydrogens is 468 g/mol. The maximum Gasteiger partial charge on any atom is 0.302 e. The maximum absolute atomic E-state index is 12.8. The van der Waals surface area contributed by atoms with Crippen molar-refractivity contribution in [3.05, 3.63) is 59.5 Å². The van der Waals surface area contributed by atoms with Gasteiger partial charge in [0.25, 0.3) is 0 Å². The number of nitriles is 1. The number of rotatable bonds is 7. The Hall–Kier alpha value is -3.89. The van der Waals surface area contributed by atoms with Gasteiger partial charge in [-0.15, -0.1) is 0 Å². The van der Waals surface area contributed by atoms with Crippen LogP contribution in [0.3, 0.4) is 0 Å². The van der Waals surface area contributed by atoms with Gasteiger partial charge in [0.15, 0.2) is 5.82 Å². The van der Waals surface area contributed by atoms with E-state index in [-0.39, 0.29) is 18.1 Å². The summed E-state index contributed by atoms with van der Waals surface area (Å²) in [6, 6.07) is 11.8. The molecule has 12 heteroatoms. The van der Waals surface area contributed by atoms with Gasteiger partial charge in [-0.2, -0.15) is 10.4 Å². The first-order valence-corrected chi connectivity index (χ1v) is 11.2. The van der Waals surface area contributed by atoms with Crippen LogP contribution in [0.5, 0.6) is 0 Å². The summed E-state index contributed by atoms with van der Waals surface area (Å²) in [6.07, 6.45) is -2.84. The van der Waals surface area contributed by atoms with Crippen LogP contribution >= 0.6 is 0 Å². The van der Waals surface area contributed by atoms with Crippen LogP contribution < -0.4 is 11.1 Å². The number of carbonyl (C=O) groups excluding carboxylic acids is 2. The summed E-state index contributed by atoms with van der Waals surface area (Å²) >= 11 is 0. The number of nitrogens with one attached hydrogen (secondary N) is 1. The Labute approximate surface area is 206 Å². The van der Waals surface area contributed by atoms with E-state index in [2.05, 4.69) is 15.4 Å². The number of aliphatic hydroxyl groups excluding tert-OH is 2. The van der Waals surface area contributed by atoms with Gasteiger partial charge in [-0.25, -0.2) is 9.50 Å². The molecule has 4 rings (SSSR count). The van der Waals surface area contributed by atoms with E-state index in [0.29, 0.717) is 11.9 Å². The highest BCUT2D eigenvalue weighted by molar-refractivity contribution is 5.97. The molecule has 0 bridgehead atoms. The number of nitrogens with two attached hydrogens (primary N) is 1. The van der Waals surface area contributed by atoms with Crippen LogP contribution in [0.25, 0.3) is 5.52 Å². The summed E-state index contributed by atoms with van der Waals surface area (Å²) in [5.74, 6) is -0.933.